The number of nitrogens with two attached hydrogens (primary N) is 1. The van der Waals surface area contributed by atoms with Gasteiger partial charge in [0, 0.05) is 5.02 Å². The third-order valence-corrected chi connectivity index (χ3v) is 3.58. The molecule has 1 heterocycles. The largest absolute Gasteiger partial charge is 0.392 e. The molecule has 3 rings (SSSR count). The summed E-state index contributed by atoms with van der Waals surface area (Å²) in [6, 6.07) is 14.7. The standard InChI is InChI=1S/C15H12ClN3OS/c16-10-6-7-12-13(8-10)19(11-4-2-1-3-5-11)15(20)18(12)9-14(17)21/h1-8H,9H2,(H2,17,21). The number of rotatable bonds is 3. The van der Waals surface area contributed by atoms with Crippen molar-refractivity contribution in [3.8, 4) is 5.69 Å². The molecule has 0 atom stereocenters. The molecule has 6 heteroatoms. The van der Waals surface area contributed by atoms with Crippen LogP contribution in [0.4, 0.5) is 0 Å². The molecule has 1 aromatic heterocycles. The molecular weight excluding hydrogens is 306 g/mol. The lowest BCUT2D eigenvalue weighted by Gasteiger charge is -2.02. The molecule has 106 valence electrons. The van der Waals surface area contributed by atoms with Crippen LogP contribution in [0.5, 0.6) is 0 Å². The smallest absolute Gasteiger partial charge is 0.334 e. The number of hydrogen-bond acceptors (Lipinski definition) is 2. The van der Waals surface area contributed by atoms with E-state index in [9.17, 15) is 4.79 Å². The van der Waals surface area contributed by atoms with Crippen molar-refractivity contribution in [3.05, 3.63) is 64.0 Å². The van der Waals surface area contributed by atoms with Crippen LogP contribution >= 0.6 is 23.8 Å². The summed E-state index contributed by atoms with van der Waals surface area (Å²) < 4.78 is 3.17. The summed E-state index contributed by atoms with van der Waals surface area (Å²) in [5, 5.41) is 0.569. The van der Waals surface area contributed by atoms with Gasteiger partial charge in [0.25, 0.3) is 0 Å². The predicted octanol–water partition coefficient (Wildman–Crippen LogP) is 2.73. The molecule has 0 aliphatic rings. The zero-order valence-corrected chi connectivity index (χ0v) is 12.6. The Kier molecular flexibility index (Phi) is 3.53. The minimum absolute atomic E-state index is 0.189. The Morgan fingerprint density at radius 2 is 1.86 bits per heavy atom. The third kappa shape index (κ3) is 2.46. The number of aromatic nitrogens is 2. The van der Waals surface area contributed by atoms with Crippen LogP contribution in [0, 0.1) is 0 Å². The molecule has 0 aliphatic heterocycles. The van der Waals surface area contributed by atoms with Crippen LogP contribution < -0.4 is 11.4 Å². The van der Waals surface area contributed by atoms with Crippen molar-refractivity contribution in [3.63, 3.8) is 0 Å². The molecule has 3 aromatic rings. The second-order valence-corrected chi connectivity index (χ2v) is 5.60. The maximum Gasteiger partial charge on any atom is 0.334 e. The van der Waals surface area contributed by atoms with Crippen molar-refractivity contribution in [2.75, 3.05) is 0 Å². The Bertz CT molecular complexity index is 883. The molecule has 0 amide bonds. The summed E-state index contributed by atoms with van der Waals surface area (Å²) in [6.45, 7) is 0.201. The number of fused-ring (bicyclic) bond motifs is 1. The van der Waals surface area contributed by atoms with Gasteiger partial charge >= 0.3 is 5.69 Å². The maximum absolute atomic E-state index is 12.7. The van der Waals surface area contributed by atoms with Gasteiger partial charge in [0.1, 0.15) is 0 Å². The van der Waals surface area contributed by atoms with Crippen LogP contribution in [-0.2, 0) is 6.54 Å². The Balaban J connectivity index is 2.38. The molecule has 0 fully saturated rings. The van der Waals surface area contributed by atoms with Gasteiger partial charge < -0.3 is 5.73 Å². The van der Waals surface area contributed by atoms with E-state index < -0.39 is 0 Å². The van der Waals surface area contributed by atoms with Crippen molar-refractivity contribution >= 4 is 39.8 Å². The van der Waals surface area contributed by atoms with E-state index in [0.29, 0.717) is 5.02 Å². The van der Waals surface area contributed by atoms with Crippen LogP contribution in [0.15, 0.2) is 53.3 Å². The van der Waals surface area contributed by atoms with Gasteiger partial charge in [0.05, 0.1) is 28.3 Å². The molecule has 0 aliphatic carbocycles. The molecule has 2 aromatic carbocycles. The first-order valence-corrected chi connectivity index (χ1v) is 7.11. The number of imidazole rings is 1. The fraction of sp³-hybridized carbons (Fsp3) is 0.0667. The molecule has 0 saturated carbocycles. The van der Waals surface area contributed by atoms with Gasteiger partial charge in [-0.25, -0.2) is 4.79 Å². The van der Waals surface area contributed by atoms with Crippen LogP contribution in [0.3, 0.4) is 0 Å². The van der Waals surface area contributed by atoms with Crippen molar-refractivity contribution in [1.82, 2.24) is 9.13 Å². The van der Waals surface area contributed by atoms with Crippen molar-refractivity contribution in [2.45, 2.75) is 6.54 Å². The number of nitrogens with zero attached hydrogens (tertiary/aromatic N) is 2. The number of hydrogen-bond donors (Lipinski definition) is 1. The van der Waals surface area contributed by atoms with Gasteiger partial charge in [-0.1, -0.05) is 42.0 Å². The molecule has 2 N–H and O–H groups in total. The van der Waals surface area contributed by atoms with Crippen molar-refractivity contribution in [1.29, 1.82) is 0 Å². The quantitative estimate of drug-likeness (QED) is 0.756. The Morgan fingerprint density at radius 1 is 1.14 bits per heavy atom. The number of benzene rings is 2. The van der Waals surface area contributed by atoms with Gasteiger partial charge in [0.2, 0.25) is 0 Å². The van der Waals surface area contributed by atoms with E-state index >= 15 is 0 Å². The fourth-order valence-electron chi connectivity index (χ4n) is 2.37. The van der Waals surface area contributed by atoms with E-state index in [4.69, 9.17) is 29.6 Å². The third-order valence-electron chi connectivity index (χ3n) is 3.22. The first-order chi connectivity index (χ1) is 10.1. The number of thiocarbonyl (C=S) groups is 1. The van der Waals surface area contributed by atoms with Crippen LogP contribution in [-0.4, -0.2) is 14.1 Å². The Labute approximate surface area is 131 Å². The molecule has 21 heavy (non-hydrogen) atoms. The van der Waals surface area contributed by atoms with Crippen LogP contribution in [0.25, 0.3) is 16.7 Å². The van der Waals surface area contributed by atoms with Gasteiger partial charge in [0.15, 0.2) is 0 Å². The van der Waals surface area contributed by atoms with Gasteiger partial charge in [-0.15, -0.1) is 0 Å². The minimum Gasteiger partial charge on any atom is -0.392 e. The average Bonchev–Trinajstić information content (AvgIpc) is 2.71. The zero-order chi connectivity index (χ0) is 15.0. The Morgan fingerprint density at radius 3 is 2.52 bits per heavy atom. The monoisotopic (exact) mass is 317 g/mol. The predicted molar refractivity (Wildman–Crippen MR) is 89.3 cm³/mol. The number of para-hydroxylation sites is 1. The highest BCUT2D eigenvalue weighted by Crippen LogP contribution is 2.21. The lowest BCUT2D eigenvalue weighted by molar-refractivity contribution is 0.805. The SMILES string of the molecule is NC(=S)Cn1c(=O)n(-c2ccccc2)c2cc(Cl)ccc21. The normalized spacial score (nSPS) is 10.9. The molecule has 0 spiro atoms. The van der Waals surface area contributed by atoms with E-state index in [1.165, 1.54) is 0 Å². The maximum atomic E-state index is 12.7. The fourth-order valence-corrected chi connectivity index (χ4v) is 2.66. The topological polar surface area (TPSA) is 52.9 Å². The average molecular weight is 318 g/mol. The first kappa shape index (κ1) is 13.9. The van der Waals surface area contributed by atoms with Gasteiger partial charge in [-0.3, -0.25) is 9.13 Å². The van der Waals surface area contributed by atoms with E-state index in [0.717, 1.165) is 16.7 Å². The van der Waals surface area contributed by atoms with E-state index in [2.05, 4.69) is 0 Å². The molecule has 0 unspecified atom stereocenters. The Hall–Kier alpha value is -2.11. The summed E-state index contributed by atoms with van der Waals surface area (Å²) in [5.41, 5.74) is 7.67. The molecule has 4 nitrogen and oxygen atoms in total. The van der Waals surface area contributed by atoms with Crippen LogP contribution in [0.2, 0.25) is 5.02 Å². The van der Waals surface area contributed by atoms with Crippen LogP contribution in [0.1, 0.15) is 0 Å². The lowest BCUT2D eigenvalue weighted by Crippen LogP contribution is -2.28. The zero-order valence-electron chi connectivity index (χ0n) is 11.0. The molecule has 0 bridgehead atoms. The summed E-state index contributed by atoms with van der Waals surface area (Å²) in [7, 11) is 0. The van der Waals surface area contributed by atoms with E-state index in [1.54, 1.807) is 27.3 Å². The summed E-state index contributed by atoms with van der Waals surface area (Å²) in [6.07, 6.45) is 0. The second kappa shape index (κ2) is 5.35. The highest BCUT2D eigenvalue weighted by molar-refractivity contribution is 7.80. The lowest BCUT2D eigenvalue weighted by atomic mass is 10.3. The van der Waals surface area contributed by atoms with E-state index in [-0.39, 0.29) is 17.2 Å². The highest BCUT2D eigenvalue weighted by Gasteiger charge is 2.15. The van der Waals surface area contributed by atoms with Crippen molar-refractivity contribution < 1.29 is 0 Å². The minimum atomic E-state index is -0.189. The van der Waals surface area contributed by atoms with Crippen molar-refractivity contribution in [2.24, 2.45) is 5.73 Å². The number of halogens is 1. The summed E-state index contributed by atoms with van der Waals surface area (Å²) >= 11 is 11.0. The molecule has 0 radical (unpaired) electrons. The molecular formula is C15H12ClN3OS. The second-order valence-electron chi connectivity index (χ2n) is 4.64. The van der Waals surface area contributed by atoms with Gasteiger partial charge in [-0.05, 0) is 30.3 Å². The van der Waals surface area contributed by atoms with Gasteiger partial charge in [-0.2, -0.15) is 0 Å². The van der Waals surface area contributed by atoms with E-state index in [1.807, 2.05) is 30.3 Å². The molecule has 0 saturated heterocycles. The highest BCUT2D eigenvalue weighted by atomic mass is 35.5. The summed E-state index contributed by atoms with van der Waals surface area (Å²) in [4.78, 5) is 13.0. The first-order valence-electron chi connectivity index (χ1n) is 6.32. The summed E-state index contributed by atoms with van der Waals surface area (Å²) in [5.74, 6) is 0.